The van der Waals surface area contributed by atoms with Crippen LogP contribution < -0.4 is 15.9 Å². The molecule has 8 heteroatoms. The van der Waals surface area contributed by atoms with Crippen molar-refractivity contribution in [3.63, 3.8) is 0 Å². The summed E-state index contributed by atoms with van der Waals surface area (Å²) >= 11 is 0. The Kier molecular flexibility index (Phi) is 5.95. The van der Waals surface area contributed by atoms with E-state index >= 15 is 0 Å². The third-order valence-electron chi connectivity index (χ3n) is 5.72. The number of aryl methyl sites for hydroxylation is 3. The number of ether oxygens (including phenoxy) is 1. The fourth-order valence-electron chi connectivity index (χ4n) is 3.99. The second-order valence-electron chi connectivity index (χ2n) is 8.56. The molecular formula is C25H27FN4O3. The van der Waals surface area contributed by atoms with Gasteiger partial charge in [0.15, 0.2) is 5.75 Å². The molecule has 172 valence electrons. The van der Waals surface area contributed by atoms with Gasteiger partial charge in [0.05, 0.1) is 0 Å². The molecule has 0 fully saturated rings. The number of H-pyrrole nitrogens is 1. The van der Waals surface area contributed by atoms with Crippen LogP contribution in [0.25, 0.3) is 22.0 Å². The quantitative estimate of drug-likeness (QED) is 0.485. The summed E-state index contributed by atoms with van der Waals surface area (Å²) in [4.78, 5) is 31.1. The first-order chi connectivity index (χ1) is 15.7. The minimum absolute atomic E-state index is 0.134. The van der Waals surface area contributed by atoms with Gasteiger partial charge in [-0.1, -0.05) is 0 Å². The molecule has 0 radical (unpaired) electrons. The molecule has 1 aromatic carbocycles. The van der Waals surface area contributed by atoms with Gasteiger partial charge in [-0.15, -0.1) is 0 Å². The van der Waals surface area contributed by atoms with E-state index in [-0.39, 0.29) is 22.7 Å². The Labute approximate surface area is 190 Å². The maximum Gasteiger partial charge on any atom is 0.294 e. The average molecular weight is 451 g/mol. The van der Waals surface area contributed by atoms with E-state index in [0.717, 1.165) is 0 Å². The Balaban J connectivity index is 1.96. The van der Waals surface area contributed by atoms with Crippen LogP contribution in [-0.4, -0.2) is 39.7 Å². The Hall–Kier alpha value is -3.65. The van der Waals surface area contributed by atoms with E-state index in [1.807, 2.05) is 31.1 Å². The van der Waals surface area contributed by atoms with E-state index in [0.29, 0.717) is 52.0 Å². The first-order valence-corrected chi connectivity index (χ1v) is 10.7. The summed E-state index contributed by atoms with van der Waals surface area (Å²) < 4.78 is 23.2. The van der Waals surface area contributed by atoms with Crippen LogP contribution >= 0.6 is 0 Å². The summed E-state index contributed by atoms with van der Waals surface area (Å²) in [6.07, 6.45) is 5.14. The minimum atomic E-state index is -0.360. The minimum Gasteiger partial charge on any atom is -0.450 e. The number of halogens is 1. The van der Waals surface area contributed by atoms with Gasteiger partial charge in [-0.05, 0) is 63.3 Å². The largest absolute Gasteiger partial charge is 0.450 e. The Morgan fingerprint density at radius 1 is 1.03 bits per heavy atom. The maximum absolute atomic E-state index is 13.9. The molecule has 4 rings (SSSR count). The molecule has 0 unspecified atom stereocenters. The number of aromatic nitrogens is 3. The third kappa shape index (κ3) is 4.21. The molecular weight excluding hydrogens is 423 g/mol. The van der Waals surface area contributed by atoms with Gasteiger partial charge in [-0.2, -0.15) is 0 Å². The second-order valence-corrected chi connectivity index (χ2v) is 8.56. The molecule has 0 aliphatic heterocycles. The molecule has 0 bridgehead atoms. The Bertz CT molecular complexity index is 1440. The van der Waals surface area contributed by atoms with E-state index < -0.39 is 0 Å². The molecule has 0 amide bonds. The van der Waals surface area contributed by atoms with Gasteiger partial charge in [-0.25, -0.2) is 4.39 Å². The predicted octanol–water partition coefficient (Wildman–Crippen LogP) is 3.81. The summed E-state index contributed by atoms with van der Waals surface area (Å²) in [7, 11) is 5.55. The molecule has 0 atom stereocenters. The smallest absolute Gasteiger partial charge is 0.294 e. The lowest BCUT2D eigenvalue weighted by Gasteiger charge is -2.18. The zero-order valence-electron chi connectivity index (χ0n) is 19.4. The van der Waals surface area contributed by atoms with Gasteiger partial charge in [0.2, 0.25) is 0 Å². The summed E-state index contributed by atoms with van der Waals surface area (Å²) in [6, 6.07) is 6.40. The summed E-state index contributed by atoms with van der Waals surface area (Å²) in [5, 5.41) is 0.695. The zero-order valence-corrected chi connectivity index (χ0v) is 19.4. The molecule has 3 heterocycles. The SMILES string of the molecule is Cc1cc(F)cc(C)c1Oc1c(-c2cn(C)c(=O)c3[nH]ccc23)ccn(CCN(C)C)c1=O. The monoisotopic (exact) mass is 450 g/mol. The molecule has 0 saturated carbocycles. The first-order valence-electron chi connectivity index (χ1n) is 10.7. The lowest BCUT2D eigenvalue weighted by molar-refractivity contribution is 0.377. The molecule has 0 aliphatic carbocycles. The van der Waals surface area contributed by atoms with Crippen molar-refractivity contribution in [2.75, 3.05) is 20.6 Å². The molecule has 4 aromatic rings. The van der Waals surface area contributed by atoms with Crippen LogP contribution in [0.4, 0.5) is 4.39 Å². The highest BCUT2D eigenvalue weighted by atomic mass is 19.1. The number of nitrogens with one attached hydrogen (secondary N) is 1. The van der Waals surface area contributed by atoms with Gasteiger partial charge in [0.25, 0.3) is 11.1 Å². The topological polar surface area (TPSA) is 72.3 Å². The van der Waals surface area contributed by atoms with Crippen LogP contribution in [0.3, 0.4) is 0 Å². The Morgan fingerprint density at radius 3 is 2.39 bits per heavy atom. The summed E-state index contributed by atoms with van der Waals surface area (Å²) in [5.41, 5.74) is 2.43. The molecule has 0 saturated heterocycles. The van der Waals surface area contributed by atoms with Crippen LogP contribution in [0.1, 0.15) is 11.1 Å². The highest BCUT2D eigenvalue weighted by Crippen LogP contribution is 2.36. The van der Waals surface area contributed by atoms with Gasteiger partial charge in [0.1, 0.15) is 17.1 Å². The summed E-state index contributed by atoms with van der Waals surface area (Å²) in [5.74, 6) is 0.214. The first kappa shape index (κ1) is 22.5. The third-order valence-corrected chi connectivity index (χ3v) is 5.72. The number of nitrogens with zero attached hydrogens (tertiary/aromatic N) is 3. The number of benzene rings is 1. The number of likely N-dealkylation sites (N-methyl/N-ethyl adjacent to an activating group) is 1. The van der Waals surface area contributed by atoms with Crippen molar-refractivity contribution in [1.82, 2.24) is 19.0 Å². The van der Waals surface area contributed by atoms with E-state index in [1.54, 1.807) is 44.1 Å². The van der Waals surface area contributed by atoms with Crippen molar-refractivity contribution in [2.45, 2.75) is 20.4 Å². The number of hydrogen-bond donors (Lipinski definition) is 1. The van der Waals surface area contributed by atoms with Gasteiger partial charge >= 0.3 is 0 Å². The van der Waals surface area contributed by atoms with E-state index in [2.05, 4.69) is 4.98 Å². The molecule has 1 N–H and O–H groups in total. The number of fused-ring (bicyclic) bond motifs is 1. The van der Waals surface area contributed by atoms with Crippen LogP contribution in [0.5, 0.6) is 11.5 Å². The van der Waals surface area contributed by atoms with E-state index in [9.17, 15) is 14.0 Å². The van der Waals surface area contributed by atoms with Gasteiger partial charge in [0, 0.05) is 55.2 Å². The van der Waals surface area contributed by atoms with Crippen molar-refractivity contribution >= 4 is 10.9 Å². The number of pyridine rings is 2. The zero-order chi connectivity index (χ0) is 23.9. The van der Waals surface area contributed by atoms with Gasteiger partial charge < -0.3 is 23.8 Å². The molecule has 7 nitrogen and oxygen atoms in total. The lowest BCUT2D eigenvalue weighted by Crippen LogP contribution is -2.27. The fourth-order valence-corrected chi connectivity index (χ4v) is 3.99. The van der Waals surface area contributed by atoms with Crippen LogP contribution in [0.2, 0.25) is 0 Å². The molecule has 0 aliphatic rings. The number of aromatic amines is 1. The van der Waals surface area contributed by atoms with Crippen molar-refractivity contribution in [3.8, 4) is 22.6 Å². The fraction of sp³-hybridized carbons (Fsp3) is 0.280. The second kappa shape index (κ2) is 8.71. The van der Waals surface area contributed by atoms with Crippen LogP contribution in [0.15, 0.2) is 52.4 Å². The highest BCUT2D eigenvalue weighted by molar-refractivity contribution is 5.95. The molecule has 3 aromatic heterocycles. The average Bonchev–Trinajstić information content (AvgIpc) is 3.23. The van der Waals surface area contributed by atoms with Crippen molar-refractivity contribution in [2.24, 2.45) is 7.05 Å². The molecule has 0 spiro atoms. The van der Waals surface area contributed by atoms with E-state index in [4.69, 9.17) is 4.74 Å². The number of rotatable bonds is 6. The predicted molar refractivity (Wildman–Crippen MR) is 128 cm³/mol. The lowest BCUT2D eigenvalue weighted by atomic mass is 10.0. The van der Waals surface area contributed by atoms with Crippen LogP contribution in [-0.2, 0) is 13.6 Å². The van der Waals surface area contributed by atoms with Gasteiger partial charge in [-0.3, -0.25) is 9.59 Å². The normalized spacial score (nSPS) is 11.5. The highest BCUT2D eigenvalue weighted by Gasteiger charge is 2.20. The maximum atomic E-state index is 13.9. The van der Waals surface area contributed by atoms with Crippen molar-refractivity contribution in [1.29, 1.82) is 0 Å². The number of hydrogen-bond acceptors (Lipinski definition) is 4. The van der Waals surface area contributed by atoms with Crippen LogP contribution in [0, 0.1) is 19.7 Å². The van der Waals surface area contributed by atoms with Crippen molar-refractivity contribution in [3.05, 3.63) is 80.5 Å². The standard InChI is InChI=1S/C25H27FN4O3/c1-15-12-17(26)13-16(2)22(15)33-23-19(7-9-30(25(23)32)11-10-28(3)4)20-14-29(5)24(31)21-18(20)6-8-27-21/h6-9,12-14,27H,10-11H2,1-5H3. The van der Waals surface area contributed by atoms with Crippen molar-refractivity contribution < 1.29 is 9.13 Å². The molecule has 33 heavy (non-hydrogen) atoms. The Morgan fingerprint density at radius 2 is 1.73 bits per heavy atom. The van der Waals surface area contributed by atoms with E-state index in [1.165, 1.54) is 16.7 Å². The summed E-state index contributed by atoms with van der Waals surface area (Å²) in [6.45, 7) is 4.65.